The largest absolute Gasteiger partial charge is 0.317 e. The molecule has 0 spiro atoms. The van der Waals surface area contributed by atoms with Crippen molar-refractivity contribution >= 4 is 22.4 Å². The van der Waals surface area contributed by atoms with Crippen LogP contribution in [0.2, 0.25) is 0 Å². The summed E-state index contributed by atoms with van der Waals surface area (Å²) in [6, 6.07) is 0.300. The lowest BCUT2D eigenvalue weighted by Crippen LogP contribution is -2.30. The summed E-state index contributed by atoms with van der Waals surface area (Å²) in [6.45, 7) is 10.0. The number of hydrogen-bond acceptors (Lipinski definition) is 7. The quantitative estimate of drug-likeness (QED) is 0.878. The van der Waals surface area contributed by atoms with E-state index in [0.717, 1.165) is 36.6 Å². The molecular weight excluding hydrogens is 326 g/mol. The van der Waals surface area contributed by atoms with E-state index in [0.29, 0.717) is 16.9 Å². The Kier molecular flexibility index (Phi) is 4.64. The monoisotopic (exact) mass is 349 g/mol. The molecule has 1 saturated heterocycles. The molecule has 0 atom stereocenters. The minimum absolute atomic E-state index is 0.0886. The van der Waals surface area contributed by atoms with Crippen LogP contribution in [0.3, 0.4) is 0 Å². The molecule has 1 fully saturated rings. The molecular formula is C15H23N7OS. The molecule has 1 aliphatic heterocycles. The third-order valence-electron chi connectivity index (χ3n) is 4.08. The molecule has 1 aliphatic rings. The van der Waals surface area contributed by atoms with Gasteiger partial charge in [-0.15, -0.1) is 15.3 Å². The maximum atomic E-state index is 12.5. The van der Waals surface area contributed by atoms with Crippen molar-refractivity contribution in [2.45, 2.75) is 52.0 Å². The Morgan fingerprint density at radius 3 is 2.58 bits per heavy atom. The van der Waals surface area contributed by atoms with Gasteiger partial charge in [-0.25, -0.2) is 4.68 Å². The van der Waals surface area contributed by atoms with Gasteiger partial charge >= 0.3 is 0 Å². The number of aromatic nitrogens is 5. The van der Waals surface area contributed by atoms with E-state index < -0.39 is 0 Å². The summed E-state index contributed by atoms with van der Waals surface area (Å²) in [6.07, 6.45) is 1.99. The van der Waals surface area contributed by atoms with E-state index in [-0.39, 0.29) is 11.3 Å². The van der Waals surface area contributed by atoms with Gasteiger partial charge in [0.2, 0.25) is 5.13 Å². The van der Waals surface area contributed by atoms with Crippen molar-refractivity contribution in [2.75, 3.05) is 18.4 Å². The molecule has 0 bridgehead atoms. The minimum Gasteiger partial charge on any atom is -0.317 e. The summed E-state index contributed by atoms with van der Waals surface area (Å²) in [5.41, 5.74) is 1.05. The number of nitrogens with one attached hydrogen (secondary N) is 2. The minimum atomic E-state index is -0.288. The van der Waals surface area contributed by atoms with E-state index in [9.17, 15) is 4.79 Å². The molecule has 24 heavy (non-hydrogen) atoms. The van der Waals surface area contributed by atoms with Gasteiger partial charge in [0.25, 0.3) is 5.91 Å². The summed E-state index contributed by atoms with van der Waals surface area (Å²) < 4.78 is 1.87. The standard InChI is InChI=1S/C15H23N7OS/c1-9-11(18-21-22(9)10-5-7-16-8-6-10)12(23)17-14-20-19-13(24-14)15(2,3)4/h10,16H,5-8H2,1-4H3,(H,17,20,23). The molecule has 0 radical (unpaired) electrons. The molecule has 2 aromatic rings. The highest BCUT2D eigenvalue weighted by atomic mass is 32.1. The van der Waals surface area contributed by atoms with E-state index in [1.165, 1.54) is 11.3 Å². The molecule has 0 aromatic carbocycles. The summed E-state index contributed by atoms with van der Waals surface area (Å²) in [5, 5.41) is 23.9. The third kappa shape index (κ3) is 3.46. The zero-order chi connectivity index (χ0) is 17.3. The Hall–Kier alpha value is -1.87. The van der Waals surface area contributed by atoms with Crippen LogP contribution in [0.4, 0.5) is 5.13 Å². The first-order chi connectivity index (χ1) is 11.4. The zero-order valence-electron chi connectivity index (χ0n) is 14.5. The maximum Gasteiger partial charge on any atom is 0.279 e. The Labute approximate surface area is 145 Å². The van der Waals surface area contributed by atoms with Crippen LogP contribution in [0, 0.1) is 6.92 Å². The van der Waals surface area contributed by atoms with E-state index in [1.54, 1.807) is 0 Å². The van der Waals surface area contributed by atoms with Crippen molar-refractivity contribution in [1.82, 2.24) is 30.5 Å². The van der Waals surface area contributed by atoms with E-state index in [4.69, 9.17) is 0 Å². The second kappa shape index (κ2) is 6.56. The van der Waals surface area contributed by atoms with E-state index >= 15 is 0 Å². The highest BCUT2D eigenvalue weighted by Crippen LogP contribution is 2.28. The van der Waals surface area contributed by atoms with E-state index in [2.05, 4.69) is 51.9 Å². The lowest BCUT2D eigenvalue weighted by molar-refractivity contribution is 0.102. The molecule has 2 N–H and O–H groups in total. The predicted octanol–water partition coefficient (Wildman–Crippen LogP) is 1.91. The van der Waals surface area contributed by atoms with Gasteiger partial charge in [0.1, 0.15) is 5.01 Å². The van der Waals surface area contributed by atoms with Crippen LogP contribution < -0.4 is 10.6 Å². The fourth-order valence-corrected chi connectivity index (χ4v) is 3.48. The first-order valence-electron chi connectivity index (χ1n) is 8.14. The van der Waals surface area contributed by atoms with Crippen LogP contribution >= 0.6 is 11.3 Å². The van der Waals surface area contributed by atoms with Crippen LogP contribution in [-0.2, 0) is 5.41 Å². The molecule has 0 aliphatic carbocycles. The van der Waals surface area contributed by atoms with Crippen molar-refractivity contribution < 1.29 is 4.79 Å². The van der Waals surface area contributed by atoms with E-state index in [1.807, 2.05) is 11.6 Å². The first kappa shape index (κ1) is 17.0. The summed E-state index contributed by atoms with van der Waals surface area (Å²) in [7, 11) is 0. The topological polar surface area (TPSA) is 97.6 Å². The van der Waals surface area contributed by atoms with Crippen LogP contribution in [0.5, 0.6) is 0 Å². The van der Waals surface area contributed by atoms with Gasteiger partial charge in [-0.2, -0.15) is 0 Å². The second-order valence-corrected chi connectivity index (χ2v) is 8.04. The molecule has 2 aromatic heterocycles. The highest BCUT2D eigenvalue weighted by Gasteiger charge is 2.24. The lowest BCUT2D eigenvalue weighted by atomic mass is 9.98. The number of amides is 1. The van der Waals surface area contributed by atoms with Crippen LogP contribution in [-0.4, -0.2) is 44.2 Å². The smallest absolute Gasteiger partial charge is 0.279 e. The van der Waals surface area contributed by atoms with Crippen molar-refractivity contribution in [2.24, 2.45) is 0 Å². The number of anilines is 1. The van der Waals surface area contributed by atoms with Crippen molar-refractivity contribution in [1.29, 1.82) is 0 Å². The first-order valence-corrected chi connectivity index (χ1v) is 8.96. The number of rotatable bonds is 3. The van der Waals surface area contributed by atoms with Gasteiger partial charge in [-0.05, 0) is 32.9 Å². The molecule has 8 nitrogen and oxygen atoms in total. The normalized spacial score (nSPS) is 16.3. The maximum absolute atomic E-state index is 12.5. The molecule has 3 rings (SSSR count). The van der Waals surface area contributed by atoms with Crippen molar-refractivity contribution in [3.05, 3.63) is 16.4 Å². The van der Waals surface area contributed by atoms with Gasteiger partial charge in [0.05, 0.1) is 11.7 Å². The predicted molar refractivity (Wildman–Crippen MR) is 92.5 cm³/mol. The second-order valence-electron chi connectivity index (χ2n) is 7.07. The Balaban J connectivity index is 1.73. The zero-order valence-corrected chi connectivity index (χ0v) is 15.3. The lowest BCUT2D eigenvalue weighted by Gasteiger charge is -2.23. The molecule has 1 amide bonds. The van der Waals surface area contributed by atoms with Gasteiger partial charge in [0, 0.05) is 5.41 Å². The van der Waals surface area contributed by atoms with Crippen molar-refractivity contribution in [3.8, 4) is 0 Å². The Morgan fingerprint density at radius 1 is 1.25 bits per heavy atom. The SMILES string of the molecule is Cc1c(C(=O)Nc2nnc(C(C)(C)C)s2)nnn1C1CCNCC1. The Bertz CT molecular complexity index is 725. The number of piperidine rings is 1. The molecule has 0 unspecified atom stereocenters. The molecule has 9 heteroatoms. The molecule has 130 valence electrons. The number of hydrogen-bond donors (Lipinski definition) is 2. The number of carbonyl (C=O) groups is 1. The van der Waals surface area contributed by atoms with Gasteiger partial charge in [-0.1, -0.05) is 37.3 Å². The van der Waals surface area contributed by atoms with Gasteiger partial charge in [-0.3, -0.25) is 10.1 Å². The summed E-state index contributed by atoms with van der Waals surface area (Å²) >= 11 is 1.39. The Morgan fingerprint density at radius 2 is 1.96 bits per heavy atom. The third-order valence-corrected chi connectivity index (χ3v) is 5.35. The van der Waals surface area contributed by atoms with Gasteiger partial charge < -0.3 is 5.32 Å². The number of carbonyl (C=O) groups excluding carboxylic acids is 1. The average molecular weight is 349 g/mol. The van der Waals surface area contributed by atoms with Crippen LogP contribution in [0.25, 0.3) is 0 Å². The number of nitrogens with zero attached hydrogens (tertiary/aromatic N) is 5. The summed E-state index contributed by atoms with van der Waals surface area (Å²) in [4.78, 5) is 12.5. The van der Waals surface area contributed by atoms with Gasteiger partial charge in [0.15, 0.2) is 5.69 Å². The molecule has 3 heterocycles. The van der Waals surface area contributed by atoms with Crippen LogP contribution in [0.1, 0.15) is 60.8 Å². The molecule has 0 saturated carbocycles. The highest BCUT2D eigenvalue weighted by molar-refractivity contribution is 7.15. The summed E-state index contributed by atoms with van der Waals surface area (Å²) in [5.74, 6) is -0.288. The van der Waals surface area contributed by atoms with Crippen molar-refractivity contribution in [3.63, 3.8) is 0 Å². The average Bonchev–Trinajstić information content (AvgIpc) is 3.14. The van der Waals surface area contributed by atoms with Crippen LogP contribution in [0.15, 0.2) is 0 Å². The fraction of sp³-hybridized carbons (Fsp3) is 0.667. The fourth-order valence-electron chi connectivity index (χ4n) is 2.68.